The summed E-state index contributed by atoms with van der Waals surface area (Å²) in [5.41, 5.74) is -0.222. The van der Waals surface area contributed by atoms with Crippen molar-refractivity contribution in [3.8, 4) is 12.3 Å². The highest BCUT2D eigenvalue weighted by atomic mass is 32.2. The number of amidine groups is 1. The second kappa shape index (κ2) is 4.03. The lowest BCUT2D eigenvalue weighted by molar-refractivity contribution is 0.164. The summed E-state index contributed by atoms with van der Waals surface area (Å²) in [6.07, 6.45) is 7.44. The Bertz CT molecular complexity index is 252. The minimum absolute atomic E-state index is 0.222. The van der Waals surface area contributed by atoms with E-state index in [4.69, 9.17) is 6.42 Å². The van der Waals surface area contributed by atoms with Gasteiger partial charge in [-0.1, -0.05) is 17.7 Å². The Morgan fingerprint density at radius 2 is 2.38 bits per heavy atom. The fourth-order valence-electron chi connectivity index (χ4n) is 1.02. The number of nitrogens with one attached hydrogen (secondary N) is 1. The molecule has 0 atom stereocenters. The molecule has 1 rings (SSSR count). The van der Waals surface area contributed by atoms with E-state index >= 15 is 0 Å². The van der Waals surface area contributed by atoms with Crippen molar-refractivity contribution in [2.45, 2.75) is 19.4 Å². The minimum atomic E-state index is -0.222. The largest absolute Gasteiger partial charge is 0.352 e. The number of hydrogen-bond acceptors (Lipinski definition) is 4. The van der Waals surface area contributed by atoms with Crippen molar-refractivity contribution < 1.29 is 0 Å². The van der Waals surface area contributed by atoms with Crippen LogP contribution in [-0.4, -0.2) is 35.2 Å². The van der Waals surface area contributed by atoms with Crippen LogP contribution >= 0.6 is 11.8 Å². The molecule has 0 fully saturated rings. The van der Waals surface area contributed by atoms with Crippen LogP contribution in [0.15, 0.2) is 4.99 Å². The SMILES string of the molecule is C#CC(C)(C)N1CN=C(SC)NC1. The molecule has 0 saturated heterocycles. The molecule has 0 aromatic rings. The summed E-state index contributed by atoms with van der Waals surface area (Å²) in [5.74, 6) is 2.75. The molecule has 13 heavy (non-hydrogen) atoms. The Labute approximate surface area is 84.0 Å². The Morgan fingerprint density at radius 1 is 1.69 bits per heavy atom. The zero-order valence-corrected chi connectivity index (χ0v) is 9.11. The van der Waals surface area contributed by atoms with Crippen molar-refractivity contribution in [1.82, 2.24) is 10.2 Å². The van der Waals surface area contributed by atoms with E-state index in [0.717, 1.165) is 11.8 Å². The molecule has 72 valence electrons. The zero-order valence-electron chi connectivity index (χ0n) is 8.29. The lowest BCUT2D eigenvalue weighted by Crippen LogP contribution is -2.51. The van der Waals surface area contributed by atoms with E-state index in [9.17, 15) is 0 Å². The highest BCUT2D eigenvalue weighted by Gasteiger charge is 2.25. The third kappa shape index (κ3) is 2.39. The van der Waals surface area contributed by atoms with E-state index in [0.29, 0.717) is 6.67 Å². The zero-order chi connectivity index (χ0) is 9.90. The standard InChI is InChI=1S/C9H15N3S/c1-5-9(2,3)12-6-10-8(13-4)11-7-12/h1H,6-7H2,2-4H3,(H,10,11). The van der Waals surface area contributed by atoms with E-state index < -0.39 is 0 Å². The Kier molecular flexibility index (Phi) is 3.23. The number of nitrogens with zero attached hydrogens (tertiary/aromatic N) is 2. The number of aliphatic imine (C=N–C) groups is 1. The summed E-state index contributed by atoms with van der Waals surface area (Å²) < 4.78 is 0. The number of rotatable bonds is 1. The molecule has 4 heteroatoms. The summed E-state index contributed by atoms with van der Waals surface area (Å²) in [6.45, 7) is 5.50. The van der Waals surface area contributed by atoms with Gasteiger partial charge in [0.2, 0.25) is 0 Å². The first kappa shape index (κ1) is 10.4. The normalized spacial score (nSPS) is 18.8. The van der Waals surface area contributed by atoms with Gasteiger partial charge in [-0.05, 0) is 20.1 Å². The van der Waals surface area contributed by atoms with Crippen molar-refractivity contribution in [2.75, 3.05) is 19.6 Å². The maximum atomic E-state index is 5.43. The summed E-state index contributed by atoms with van der Waals surface area (Å²) >= 11 is 1.63. The molecule has 1 N–H and O–H groups in total. The molecule has 0 saturated carbocycles. The molecule has 1 heterocycles. The average molecular weight is 197 g/mol. The molecule has 0 spiro atoms. The highest BCUT2D eigenvalue weighted by Crippen LogP contribution is 2.14. The Balaban J connectivity index is 2.61. The van der Waals surface area contributed by atoms with E-state index in [1.54, 1.807) is 11.8 Å². The van der Waals surface area contributed by atoms with Gasteiger partial charge >= 0.3 is 0 Å². The smallest absolute Gasteiger partial charge is 0.158 e. The fraction of sp³-hybridized carbons (Fsp3) is 0.667. The van der Waals surface area contributed by atoms with Crippen molar-refractivity contribution in [1.29, 1.82) is 0 Å². The van der Waals surface area contributed by atoms with Crippen LogP contribution in [0.2, 0.25) is 0 Å². The summed E-state index contributed by atoms with van der Waals surface area (Å²) in [4.78, 5) is 6.46. The van der Waals surface area contributed by atoms with Gasteiger partial charge in [0.25, 0.3) is 0 Å². The average Bonchev–Trinajstić information content (AvgIpc) is 2.18. The van der Waals surface area contributed by atoms with Crippen LogP contribution in [0.5, 0.6) is 0 Å². The molecule has 3 nitrogen and oxygen atoms in total. The highest BCUT2D eigenvalue weighted by molar-refractivity contribution is 8.13. The van der Waals surface area contributed by atoms with Gasteiger partial charge in [-0.2, -0.15) is 0 Å². The van der Waals surface area contributed by atoms with Crippen molar-refractivity contribution in [3.05, 3.63) is 0 Å². The Morgan fingerprint density at radius 3 is 2.77 bits per heavy atom. The molecule has 0 aromatic heterocycles. The maximum absolute atomic E-state index is 5.43. The van der Waals surface area contributed by atoms with Crippen molar-refractivity contribution >= 4 is 16.9 Å². The van der Waals surface area contributed by atoms with Crippen LogP contribution in [0.1, 0.15) is 13.8 Å². The summed E-state index contributed by atoms with van der Waals surface area (Å²) in [5, 5.41) is 4.19. The van der Waals surface area contributed by atoms with E-state index in [1.165, 1.54) is 0 Å². The molecule has 0 amide bonds. The molecular weight excluding hydrogens is 182 g/mol. The number of terminal acetylenes is 1. The predicted octanol–water partition coefficient (Wildman–Crippen LogP) is 0.937. The first-order chi connectivity index (χ1) is 6.10. The van der Waals surface area contributed by atoms with Crippen LogP contribution in [0.4, 0.5) is 0 Å². The van der Waals surface area contributed by atoms with Crippen LogP contribution in [-0.2, 0) is 0 Å². The van der Waals surface area contributed by atoms with Gasteiger partial charge in [-0.25, -0.2) is 4.99 Å². The quantitative estimate of drug-likeness (QED) is 0.634. The molecule has 0 unspecified atom stereocenters. The number of thioether (sulfide) groups is 1. The second-order valence-electron chi connectivity index (χ2n) is 3.39. The molecular formula is C9H15N3S. The van der Waals surface area contributed by atoms with Gasteiger partial charge < -0.3 is 5.32 Å². The molecule has 0 aromatic carbocycles. The maximum Gasteiger partial charge on any atom is 0.158 e. The fourth-order valence-corrected chi connectivity index (χ4v) is 1.42. The van der Waals surface area contributed by atoms with Gasteiger partial charge in [-0.3, -0.25) is 4.90 Å². The van der Waals surface area contributed by atoms with Crippen LogP contribution in [0, 0.1) is 12.3 Å². The minimum Gasteiger partial charge on any atom is -0.352 e. The molecule has 1 aliphatic rings. The van der Waals surface area contributed by atoms with Gasteiger partial charge in [-0.15, -0.1) is 6.42 Å². The van der Waals surface area contributed by atoms with Crippen LogP contribution in [0.3, 0.4) is 0 Å². The van der Waals surface area contributed by atoms with Crippen molar-refractivity contribution in [2.24, 2.45) is 4.99 Å². The van der Waals surface area contributed by atoms with E-state index in [-0.39, 0.29) is 5.54 Å². The lowest BCUT2D eigenvalue weighted by Gasteiger charge is -2.35. The van der Waals surface area contributed by atoms with Crippen LogP contribution < -0.4 is 5.32 Å². The lowest BCUT2D eigenvalue weighted by atomic mass is 10.1. The third-order valence-electron chi connectivity index (χ3n) is 2.14. The summed E-state index contributed by atoms with van der Waals surface area (Å²) in [7, 11) is 0. The van der Waals surface area contributed by atoms with Crippen LogP contribution in [0.25, 0.3) is 0 Å². The Hall–Kier alpha value is -0.660. The van der Waals surface area contributed by atoms with E-state index in [2.05, 4.69) is 21.1 Å². The first-order valence-corrected chi connectivity index (χ1v) is 5.38. The van der Waals surface area contributed by atoms with E-state index in [1.807, 2.05) is 20.1 Å². The molecule has 0 aliphatic carbocycles. The van der Waals surface area contributed by atoms with Gasteiger partial charge in [0.1, 0.15) is 0 Å². The molecule has 0 bridgehead atoms. The first-order valence-electron chi connectivity index (χ1n) is 4.15. The second-order valence-corrected chi connectivity index (χ2v) is 4.18. The topological polar surface area (TPSA) is 27.6 Å². The molecule has 1 aliphatic heterocycles. The van der Waals surface area contributed by atoms with Gasteiger partial charge in [0, 0.05) is 0 Å². The van der Waals surface area contributed by atoms with Gasteiger partial charge in [0.05, 0.1) is 18.9 Å². The third-order valence-corrected chi connectivity index (χ3v) is 2.80. The molecule has 0 radical (unpaired) electrons. The monoisotopic (exact) mass is 197 g/mol. The number of hydrogen-bond donors (Lipinski definition) is 1. The van der Waals surface area contributed by atoms with Gasteiger partial charge in [0.15, 0.2) is 5.17 Å². The predicted molar refractivity (Wildman–Crippen MR) is 58.6 cm³/mol. The summed E-state index contributed by atoms with van der Waals surface area (Å²) in [6, 6.07) is 0. The van der Waals surface area contributed by atoms with Crippen molar-refractivity contribution in [3.63, 3.8) is 0 Å².